The van der Waals surface area contributed by atoms with Gasteiger partial charge in [-0.3, -0.25) is 9.36 Å². The molecule has 0 aliphatic carbocycles. The number of benzene rings is 2. The molecule has 9 heteroatoms. The van der Waals surface area contributed by atoms with Crippen LogP contribution in [0.3, 0.4) is 0 Å². The van der Waals surface area contributed by atoms with Crippen molar-refractivity contribution in [3.63, 3.8) is 0 Å². The van der Waals surface area contributed by atoms with Crippen LogP contribution in [0.4, 0.5) is 0 Å². The normalized spacial score (nSPS) is 11.3. The fourth-order valence-corrected chi connectivity index (χ4v) is 5.72. The zero-order valence-electron chi connectivity index (χ0n) is 18.4. The van der Waals surface area contributed by atoms with Gasteiger partial charge in [-0.25, -0.2) is 4.98 Å². The second-order valence-electron chi connectivity index (χ2n) is 7.84. The number of para-hydroxylation sites is 1. The molecule has 0 unspecified atom stereocenters. The van der Waals surface area contributed by atoms with E-state index in [-0.39, 0.29) is 5.56 Å². The van der Waals surface area contributed by atoms with Crippen LogP contribution in [-0.4, -0.2) is 24.7 Å². The van der Waals surface area contributed by atoms with Crippen molar-refractivity contribution in [3.05, 3.63) is 112 Å². The monoisotopic (exact) mass is 497 g/mol. The summed E-state index contributed by atoms with van der Waals surface area (Å²) in [5.41, 5.74) is 2.74. The molecule has 35 heavy (non-hydrogen) atoms. The Morgan fingerprint density at radius 2 is 1.77 bits per heavy atom. The van der Waals surface area contributed by atoms with E-state index in [0.29, 0.717) is 34.0 Å². The third-order valence-electron chi connectivity index (χ3n) is 5.54. The number of aromatic nitrogens is 5. The van der Waals surface area contributed by atoms with E-state index in [1.165, 1.54) is 23.1 Å². The molecule has 0 amide bonds. The molecule has 4 aromatic heterocycles. The van der Waals surface area contributed by atoms with Gasteiger partial charge in [-0.2, -0.15) is 0 Å². The number of furan rings is 1. The van der Waals surface area contributed by atoms with Gasteiger partial charge in [0, 0.05) is 23.1 Å². The number of nitrogens with one attached hydrogen (secondary N) is 1. The number of hydrogen-bond acceptors (Lipinski definition) is 7. The lowest BCUT2D eigenvalue weighted by molar-refractivity contribution is 0.583. The van der Waals surface area contributed by atoms with E-state index < -0.39 is 0 Å². The largest absolute Gasteiger partial charge is 0.464 e. The Labute approximate surface area is 208 Å². The summed E-state index contributed by atoms with van der Waals surface area (Å²) in [5.74, 6) is 2.55. The number of H-pyrrole nitrogens is 1. The number of thiophene rings is 1. The Morgan fingerprint density at radius 1 is 0.971 bits per heavy atom. The van der Waals surface area contributed by atoms with Gasteiger partial charge >= 0.3 is 0 Å². The maximum atomic E-state index is 12.9. The van der Waals surface area contributed by atoms with E-state index in [1.54, 1.807) is 12.3 Å². The quantitative estimate of drug-likeness (QED) is 0.284. The van der Waals surface area contributed by atoms with E-state index in [1.807, 2.05) is 60.0 Å². The van der Waals surface area contributed by atoms with Crippen LogP contribution >= 0.6 is 23.1 Å². The second kappa shape index (κ2) is 9.36. The molecule has 0 radical (unpaired) electrons. The van der Waals surface area contributed by atoms with E-state index in [4.69, 9.17) is 9.40 Å². The van der Waals surface area contributed by atoms with Crippen LogP contribution in [0.25, 0.3) is 27.2 Å². The van der Waals surface area contributed by atoms with Gasteiger partial charge in [0.1, 0.15) is 22.2 Å². The van der Waals surface area contributed by atoms with Crippen LogP contribution in [-0.2, 0) is 12.2 Å². The zero-order valence-corrected chi connectivity index (χ0v) is 20.1. The average molecular weight is 498 g/mol. The minimum atomic E-state index is -0.174. The highest BCUT2D eigenvalue weighted by Crippen LogP contribution is 2.32. The number of fused-ring (bicyclic) bond motifs is 1. The number of hydrogen-bond donors (Lipinski definition) is 1. The summed E-state index contributed by atoms with van der Waals surface area (Å²) in [5, 5.41) is 12.2. The van der Waals surface area contributed by atoms with Crippen LogP contribution in [0.5, 0.6) is 0 Å². The highest BCUT2D eigenvalue weighted by atomic mass is 32.2. The third-order valence-corrected chi connectivity index (χ3v) is 7.35. The minimum Gasteiger partial charge on any atom is -0.464 e. The molecule has 0 bridgehead atoms. The van der Waals surface area contributed by atoms with Crippen molar-refractivity contribution < 1.29 is 4.42 Å². The lowest BCUT2D eigenvalue weighted by Crippen LogP contribution is -2.11. The average Bonchev–Trinajstić information content (AvgIpc) is 3.64. The van der Waals surface area contributed by atoms with Gasteiger partial charge in [0.15, 0.2) is 5.16 Å². The topological polar surface area (TPSA) is 89.6 Å². The SMILES string of the molecule is O=c1[nH]c(CSc2nnc(Cc3ccccc3)n2-c2ccccc2)nc2scc(-c3ccco3)c12. The number of nitrogens with zero attached hydrogens (tertiary/aromatic N) is 4. The molecule has 0 aliphatic heterocycles. The van der Waals surface area contributed by atoms with E-state index in [0.717, 1.165) is 27.8 Å². The van der Waals surface area contributed by atoms with Crippen molar-refractivity contribution in [3.8, 4) is 17.0 Å². The first-order valence-corrected chi connectivity index (χ1v) is 12.8. The first-order chi connectivity index (χ1) is 17.3. The van der Waals surface area contributed by atoms with Gasteiger partial charge in [0.2, 0.25) is 0 Å². The molecule has 0 saturated heterocycles. The Bertz CT molecular complexity index is 1640. The van der Waals surface area contributed by atoms with E-state index in [2.05, 4.69) is 31.9 Å². The van der Waals surface area contributed by atoms with Crippen LogP contribution in [0.15, 0.2) is 98.8 Å². The minimum absolute atomic E-state index is 0.174. The van der Waals surface area contributed by atoms with Crippen molar-refractivity contribution in [2.24, 2.45) is 0 Å². The smallest absolute Gasteiger partial charge is 0.260 e. The molecule has 0 atom stereocenters. The Morgan fingerprint density at radius 3 is 2.54 bits per heavy atom. The summed E-state index contributed by atoms with van der Waals surface area (Å²) in [6.07, 6.45) is 2.26. The molecule has 0 fully saturated rings. The molecule has 0 saturated carbocycles. The third kappa shape index (κ3) is 4.31. The van der Waals surface area contributed by atoms with Gasteiger partial charge in [-0.15, -0.1) is 21.5 Å². The fourth-order valence-electron chi connectivity index (χ4n) is 3.93. The van der Waals surface area contributed by atoms with Crippen LogP contribution in [0, 0.1) is 0 Å². The fraction of sp³-hybridized carbons (Fsp3) is 0.0769. The van der Waals surface area contributed by atoms with Gasteiger partial charge in [-0.05, 0) is 29.8 Å². The van der Waals surface area contributed by atoms with Crippen molar-refractivity contribution in [1.29, 1.82) is 0 Å². The van der Waals surface area contributed by atoms with Crippen molar-refractivity contribution in [2.45, 2.75) is 17.3 Å². The molecular weight excluding hydrogens is 478 g/mol. The molecule has 1 N–H and O–H groups in total. The highest BCUT2D eigenvalue weighted by Gasteiger charge is 2.18. The number of rotatable bonds is 7. The first-order valence-electron chi connectivity index (χ1n) is 11.0. The lowest BCUT2D eigenvalue weighted by Gasteiger charge is -2.10. The van der Waals surface area contributed by atoms with Gasteiger partial charge in [0.25, 0.3) is 5.56 Å². The summed E-state index contributed by atoms with van der Waals surface area (Å²) in [6, 6.07) is 23.9. The summed E-state index contributed by atoms with van der Waals surface area (Å²) in [6.45, 7) is 0. The standard InChI is InChI=1S/C26H19N5O2S2/c32-24-23-19(20-12-7-13-33-20)15-34-25(23)28-21(27-24)16-35-26-30-29-22(14-17-8-3-1-4-9-17)31(26)18-10-5-2-6-11-18/h1-13,15H,14,16H2,(H,27,28,32). The summed E-state index contributed by atoms with van der Waals surface area (Å²) in [4.78, 5) is 21.2. The summed E-state index contributed by atoms with van der Waals surface area (Å²) >= 11 is 2.93. The Kier molecular flexibility index (Phi) is 5.77. The molecule has 2 aromatic carbocycles. The Hall–Kier alpha value is -3.95. The van der Waals surface area contributed by atoms with E-state index in [9.17, 15) is 4.79 Å². The zero-order chi connectivity index (χ0) is 23.6. The first kappa shape index (κ1) is 21.6. The van der Waals surface area contributed by atoms with Crippen molar-refractivity contribution >= 4 is 33.3 Å². The molecule has 7 nitrogen and oxygen atoms in total. The number of thioether (sulfide) groups is 1. The second-order valence-corrected chi connectivity index (χ2v) is 9.64. The molecule has 6 aromatic rings. The summed E-state index contributed by atoms with van der Waals surface area (Å²) < 4.78 is 7.54. The van der Waals surface area contributed by atoms with Gasteiger partial charge in [0.05, 0.1) is 17.4 Å². The molecule has 0 aliphatic rings. The van der Waals surface area contributed by atoms with Gasteiger partial charge < -0.3 is 9.40 Å². The number of aromatic amines is 1. The molecule has 4 heterocycles. The molecule has 6 rings (SSSR count). The lowest BCUT2D eigenvalue weighted by atomic mass is 10.1. The van der Waals surface area contributed by atoms with Crippen molar-refractivity contribution in [2.75, 3.05) is 0 Å². The highest BCUT2D eigenvalue weighted by molar-refractivity contribution is 7.98. The van der Waals surface area contributed by atoms with Gasteiger partial charge in [-0.1, -0.05) is 60.3 Å². The maximum Gasteiger partial charge on any atom is 0.260 e. The van der Waals surface area contributed by atoms with Crippen LogP contribution in [0.1, 0.15) is 17.2 Å². The summed E-state index contributed by atoms with van der Waals surface area (Å²) in [7, 11) is 0. The molecule has 172 valence electrons. The maximum absolute atomic E-state index is 12.9. The predicted molar refractivity (Wildman–Crippen MR) is 138 cm³/mol. The van der Waals surface area contributed by atoms with E-state index >= 15 is 0 Å². The van der Waals surface area contributed by atoms with Crippen molar-refractivity contribution in [1.82, 2.24) is 24.7 Å². The van der Waals surface area contributed by atoms with Crippen LogP contribution < -0.4 is 5.56 Å². The molecule has 0 spiro atoms. The van der Waals surface area contributed by atoms with Crippen LogP contribution in [0.2, 0.25) is 0 Å². The predicted octanol–water partition coefficient (Wildman–Crippen LogP) is 5.71. The Balaban J connectivity index is 1.31. The molecular formula is C26H19N5O2S2.